The maximum absolute atomic E-state index is 12.7. The van der Waals surface area contributed by atoms with Crippen LogP contribution in [0.5, 0.6) is 5.19 Å². The maximum atomic E-state index is 12.7. The number of likely N-dealkylation sites (tertiary alicyclic amines) is 1. The second kappa shape index (κ2) is 8.34. The number of nitrogens with zero attached hydrogens (tertiary/aromatic N) is 3. The normalized spacial score (nSPS) is 21.5. The quantitative estimate of drug-likeness (QED) is 0.701. The summed E-state index contributed by atoms with van der Waals surface area (Å²) in [6.45, 7) is 3.12. The molecule has 0 amide bonds. The molecule has 0 atom stereocenters. The molecular weight excluding hydrogens is 426 g/mol. The highest BCUT2D eigenvalue weighted by Crippen LogP contribution is 2.31. The van der Waals surface area contributed by atoms with Gasteiger partial charge in [-0.2, -0.15) is 4.31 Å². The van der Waals surface area contributed by atoms with E-state index < -0.39 is 10.0 Å². The van der Waals surface area contributed by atoms with Crippen LogP contribution < -0.4 is 4.74 Å². The van der Waals surface area contributed by atoms with E-state index in [1.54, 1.807) is 22.6 Å². The highest BCUT2D eigenvalue weighted by Gasteiger charge is 2.34. The van der Waals surface area contributed by atoms with E-state index >= 15 is 0 Å². The van der Waals surface area contributed by atoms with Gasteiger partial charge >= 0.3 is 0 Å². The Hall–Kier alpha value is -0.710. The number of rotatable bonds is 5. The van der Waals surface area contributed by atoms with Crippen LogP contribution in [0.4, 0.5) is 0 Å². The molecule has 10 heteroatoms. The molecule has 2 aliphatic rings. The number of hydrogen-bond donors (Lipinski definition) is 0. The number of thiazole rings is 1. The molecule has 0 aliphatic carbocycles. The fraction of sp³-hybridized carbons (Fsp3) is 0.588. The first-order valence-corrected chi connectivity index (χ1v) is 12.6. The highest BCUT2D eigenvalue weighted by molar-refractivity contribution is 7.91. The predicted molar refractivity (Wildman–Crippen MR) is 108 cm³/mol. The average Bonchev–Trinajstić information content (AvgIpc) is 3.34. The number of thiophene rings is 1. The van der Waals surface area contributed by atoms with Gasteiger partial charge in [-0.15, -0.1) is 11.3 Å². The summed E-state index contributed by atoms with van der Waals surface area (Å²) in [7, 11) is -3.41. The van der Waals surface area contributed by atoms with Gasteiger partial charge in [0.05, 0.1) is 4.34 Å². The van der Waals surface area contributed by atoms with Crippen LogP contribution in [0.1, 0.15) is 25.7 Å². The zero-order chi connectivity index (χ0) is 18.9. The molecule has 4 rings (SSSR count). The molecule has 0 spiro atoms. The molecule has 0 unspecified atom stereocenters. The summed E-state index contributed by atoms with van der Waals surface area (Å²) in [4.78, 5) is 6.68. The standard InChI is InChI=1S/C17H22ClN3O3S3/c18-15-1-2-16(26-15)27(22,23)21-10-3-13(4-11-21)20-8-5-14(6-9-20)24-17-19-7-12-25-17/h1-2,7,12-14H,3-6,8-11H2. The molecule has 2 aromatic rings. The summed E-state index contributed by atoms with van der Waals surface area (Å²) in [5.41, 5.74) is 0. The van der Waals surface area contributed by atoms with Gasteiger partial charge in [-0.25, -0.2) is 13.4 Å². The van der Waals surface area contributed by atoms with Gasteiger partial charge in [0.15, 0.2) is 0 Å². The van der Waals surface area contributed by atoms with E-state index in [2.05, 4.69) is 9.88 Å². The lowest BCUT2D eigenvalue weighted by Gasteiger charge is -2.41. The van der Waals surface area contributed by atoms with E-state index in [0.29, 0.717) is 27.7 Å². The molecule has 0 saturated carbocycles. The van der Waals surface area contributed by atoms with Crippen molar-refractivity contribution in [3.8, 4) is 5.19 Å². The Morgan fingerprint density at radius 3 is 2.44 bits per heavy atom. The minimum absolute atomic E-state index is 0.233. The van der Waals surface area contributed by atoms with Gasteiger partial charge in [0.2, 0.25) is 0 Å². The van der Waals surface area contributed by atoms with Crippen molar-refractivity contribution >= 4 is 44.3 Å². The maximum Gasteiger partial charge on any atom is 0.273 e. The Morgan fingerprint density at radius 1 is 1.11 bits per heavy atom. The summed E-state index contributed by atoms with van der Waals surface area (Å²) < 4.78 is 33.8. The fourth-order valence-corrected chi connectivity index (χ4v) is 7.44. The second-order valence-electron chi connectivity index (χ2n) is 6.84. The van der Waals surface area contributed by atoms with E-state index in [4.69, 9.17) is 16.3 Å². The summed E-state index contributed by atoms with van der Waals surface area (Å²) >= 11 is 8.56. The van der Waals surface area contributed by atoms with Gasteiger partial charge in [-0.1, -0.05) is 22.9 Å². The molecule has 0 aromatic carbocycles. The van der Waals surface area contributed by atoms with Gasteiger partial charge in [-0.05, 0) is 37.8 Å². The molecular formula is C17H22ClN3O3S3. The van der Waals surface area contributed by atoms with Crippen molar-refractivity contribution in [2.75, 3.05) is 26.2 Å². The molecule has 6 nitrogen and oxygen atoms in total. The Labute approximate surface area is 172 Å². The van der Waals surface area contributed by atoms with Crippen molar-refractivity contribution in [1.29, 1.82) is 0 Å². The Morgan fingerprint density at radius 2 is 1.85 bits per heavy atom. The van der Waals surface area contributed by atoms with Crippen molar-refractivity contribution < 1.29 is 13.2 Å². The molecule has 2 saturated heterocycles. The van der Waals surface area contributed by atoms with Crippen molar-refractivity contribution in [3.05, 3.63) is 28.0 Å². The van der Waals surface area contributed by atoms with E-state index in [1.165, 1.54) is 11.3 Å². The smallest absolute Gasteiger partial charge is 0.273 e. The van der Waals surface area contributed by atoms with Crippen LogP contribution in [-0.4, -0.2) is 60.9 Å². The number of piperidine rings is 2. The van der Waals surface area contributed by atoms with E-state index in [9.17, 15) is 8.42 Å². The summed E-state index contributed by atoms with van der Waals surface area (Å²) in [5, 5.41) is 2.68. The molecule has 2 aliphatic heterocycles. The van der Waals surface area contributed by atoms with Crippen LogP contribution in [0.25, 0.3) is 0 Å². The van der Waals surface area contributed by atoms with Crippen LogP contribution in [-0.2, 0) is 10.0 Å². The van der Waals surface area contributed by atoms with Gasteiger partial charge in [-0.3, -0.25) is 0 Å². The third-order valence-electron chi connectivity index (χ3n) is 5.24. The number of sulfonamides is 1. The van der Waals surface area contributed by atoms with Gasteiger partial charge in [0, 0.05) is 43.8 Å². The van der Waals surface area contributed by atoms with Gasteiger partial charge in [0.25, 0.3) is 15.2 Å². The van der Waals surface area contributed by atoms with Crippen LogP contribution in [0, 0.1) is 0 Å². The van der Waals surface area contributed by atoms with Gasteiger partial charge < -0.3 is 9.64 Å². The van der Waals surface area contributed by atoms with Gasteiger partial charge in [0.1, 0.15) is 10.3 Å². The fourth-order valence-electron chi connectivity index (χ4n) is 3.78. The number of aromatic nitrogens is 1. The molecule has 148 valence electrons. The number of ether oxygens (including phenoxy) is 1. The molecule has 2 fully saturated rings. The van der Waals surface area contributed by atoms with Crippen LogP contribution in [0.2, 0.25) is 4.34 Å². The lowest BCUT2D eigenvalue weighted by Crippen LogP contribution is -2.50. The second-order valence-corrected chi connectivity index (χ2v) is 11.6. The van der Waals surface area contributed by atoms with Crippen molar-refractivity contribution in [1.82, 2.24) is 14.2 Å². The Kier molecular flexibility index (Phi) is 6.06. The first-order valence-electron chi connectivity index (χ1n) is 9.08. The molecule has 2 aromatic heterocycles. The minimum Gasteiger partial charge on any atom is -0.467 e. The predicted octanol–water partition coefficient (Wildman–Crippen LogP) is 3.55. The van der Waals surface area contributed by atoms with Crippen molar-refractivity contribution in [2.45, 2.75) is 42.0 Å². The first kappa shape index (κ1) is 19.6. The zero-order valence-electron chi connectivity index (χ0n) is 14.8. The van der Waals surface area contributed by atoms with Crippen LogP contribution in [0.15, 0.2) is 27.9 Å². The van der Waals surface area contributed by atoms with E-state index in [-0.39, 0.29) is 6.10 Å². The Bertz CT molecular complexity index is 840. The molecule has 0 N–H and O–H groups in total. The summed E-state index contributed by atoms with van der Waals surface area (Å²) in [6, 6.07) is 3.69. The first-order chi connectivity index (χ1) is 13.0. The van der Waals surface area contributed by atoms with Crippen LogP contribution in [0.3, 0.4) is 0 Å². The van der Waals surface area contributed by atoms with Crippen molar-refractivity contribution in [3.63, 3.8) is 0 Å². The van der Waals surface area contributed by atoms with Crippen LogP contribution >= 0.6 is 34.3 Å². The summed E-state index contributed by atoms with van der Waals surface area (Å²) in [5.74, 6) is 0. The lowest BCUT2D eigenvalue weighted by atomic mass is 10.00. The number of halogens is 1. The Balaban J connectivity index is 1.27. The summed E-state index contributed by atoms with van der Waals surface area (Å²) in [6.07, 6.45) is 5.72. The lowest BCUT2D eigenvalue weighted by molar-refractivity contribution is 0.0584. The third kappa shape index (κ3) is 4.49. The molecule has 0 bridgehead atoms. The largest absolute Gasteiger partial charge is 0.467 e. The highest BCUT2D eigenvalue weighted by atomic mass is 35.5. The molecule has 27 heavy (non-hydrogen) atoms. The molecule has 0 radical (unpaired) electrons. The van der Waals surface area contributed by atoms with E-state index in [1.807, 2.05) is 5.38 Å². The van der Waals surface area contributed by atoms with Crippen molar-refractivity contribution in [2.24, 2.45) is 0 Å². The number of hydrogen-bond acceptors (Lipinski definition) is 7. The SMILES string of the molecule is O=S(=O)(c1ccc(Cl)s1)N1CCC(N2CCC(Oc3nccs3)CC2)CC1. The topological polar surface area (TPSA) is 62.7 Å². The average molecular weight is 448 g/mol. The monoisotopic (exact) mass is 447 g/mol. The third-order valence-corrected chi connectivity index (χ3v) is 9.49. The van der Waals surface area contributed by atoms with E-state index in [0.717, 1.165) is 55.3 Å². The minimum atomic E-state index is -3.41. The zero-order valence-corrected chi connectivity index (χ0v) is 18.0. The molecule has 4 heterocycles.